The molecule has 88 valence electrons. The van der Waals surface area contributed by atoms with Crippen LogP contribution in [-0.4, -0.2) is 24.5 Å². The monoisotopic (exact) mass is 271 g/mol. The third-order valence-corrected chi connectivity index (χ3v) is 5.17. The molecule has 0 spiro atoms. The van der Waals surface area contributed by atoms with Crippen LogP contribution in [0.15, 0.2) is 16.6 Å². The number of nitrogens with zero attached hydrogens (tertiary/aromatic N) is 1. The van der Waals surface area contributed by atoms with Gasteiger partial charge in [0.2, 0.25) is 0 Å². The Morgan fingerprint density at radius 2 is 1.60 bits per heavy atom. The Morgan fingerprint density at radius 3 is 1.93 bits per heavy atom. The Labute approximate surface area is 98.4 Å². The van der Waals surface area contributed by atoms with Gasteiger partial charge in [-0.15, -0.1) is 0 Å². The summed E-state index contributed by atoms with van der Waals surface area (Å²) in [7, 11) is 0. The Hall–Kier alpha value is -0.0471. The van der Waals surface area contributed by atoms with Gasteiger partial charge in [0.1, 0.15) is 0 Å². The second-order valence-corrected chi connectivity index (χ2v) is 18.1. The number of rotatable bonds is 3. The number of hydrogen-bond acceptors (Lipinski definition) is 1. The minimum absolute atomic E-state index is 0.0457. The molecular formula is C13H27GeN. The third kappa shape index (κ3) is 10.2. The van der Waals surface area contributed by atoms with E-state index in [0.29, 0.717) is 0 Å². The van der Waals surface area contributed by atoms with Crippen LogP contribution in [0, 0.1) is 0 Å². The van der Waals surface area contributed by atoms with Gasteiger partial charge in [0.15, 0.2) is 0 Å². The van der Waals surface area contributed by atoms with Gasteiger partial charge in [-0.1, -0.05) is 0 Å². The molecule has 0 saturated heterocycles. The van der Waals surface area contributed by atoms with E-state index in [1.54, 1.807) is 0 Å². The van der Waals surface area contributed by atoms with E-state index in [1.807, 2.05) is 0 Å². The summed E-state index contributed by atoms with van der Waals surface area (Å²) >= 11 is -1.44. The van der Waals surface area contributed by atoms with Crippen molar-refractivity contribution in [2.75, 3.05) is 0 Å². The molecular weight excluding hydrogens is 243 g/mol. The molecule has 0 radical (unpaired) electrons. The van der Waals surface area contributed by atoms with Crippen molar-refractivity contribution in [1.82, 2.24) is 0 Å². The van der Waals surface area contributed by atoms with E-state index < -0.39 is 13.3 Å². The summed E-state index contributed by atoms with van der Waals surface area (Å²) in [5.74, 6) is 7.36. The average molecular weight is 270 g/mol. The van der Waals surface area contributed by atoms with Crippen LogP contribution in [0.2, 0.25) is 22.5 Å². The third-order valence-electron chi connectivity index (χ3n) is 1.78. The number of hydrogen-bond donors (Lipinski definition) is 0. The first kappa shape index (κ1) is 15.0. The molecule has 0 aromatic heterocycles. The molecule has 0 aliphatic rings. The first-order valence-electron chi connectivity index (χ1n) is 5.73. The molecule has 0 aromatic rings. The van der Waals surface area contributed by atoms with E-state index >= 15 is 0 Å². The molecule has 0 saturated carbocycles. The van der Waals surface area contributed by atoms with Gasteiger partial charge < -0.3 is 0 Å². The fourth-order valence-corrected chi connectivity index (χ4v) is 5.53. The van der Waals surface area contributed by atoms with Crippen LogP contribution in [0.4, 0.5) is 0 Å². The first-order chi connectivity index (χ1) is 6.49. The van der Waals surface area contributed by atoms with E-state index in [9.17, 15) is 0 Å². The van der Waals surface area contributed by atoms with Crippen molar-refractivity contribution in [3.8, 4) is 0 Å². The second-order valence-electron chi connectivity index (χ2n) is 6.65. The van der Waals surface area contributed by atoms with Crippen LogP contribution < -0.4 is 0 Å². The second kappa shape index (κ2) is 5.33. The molecule has 0 heterocycles. The molecule has 0 amide bonds. The van der Waals surface area contributed by atoms with E-state index in [-0.39, 0.29) is 5.54 Å². The molecule has 0 N–H and O–H groups in total. The van der Waals surface area contributed by atoms with E-state index in [1.165, 1.54) is 10.8 Å². The van der Waals surface area contributed by atoms with Gasteiger partial charge >= 0.3 is 98.3 Å². The fourth-order valence-electron chi connectivity index (χ4n) is 1.81. The molecule has 1 nitrogen and oxygen atoms in total. The van der Waals surface area contributed by atoms with Crippen molar-refractivity contribution < 1.29 is 0 Å². The molecule has 0 bridgehead atoms. The van der Waals surface area contributed by atoms with Crippen molar-refractivity contribution >= 4 is 19.0 Å². The number of aliphatic imine (C=N–C) groups is 1. The van der Waals surface area contributed by atoms with Gasteiger partial charge in [-0.25, -0.2) is 0 Å². The van der Waals surface area contributed by atoms with Gasteiger partial charge in [0.25, 0.3) is 0 Å². The van der Waals surface area contributed by atoms with Crippen molar-refractivity contribution in [2.45, 2.75) is 62.7 Å². The average Bonchev–Trinajstić information content (AvgIpc) is 1.73. The maximum absolute atomic E-state index is 4.64. The van der Waals surface area contributed by atoms with Crippen molar-refractivity contribution in [1.29, 1.82) is 0 Å². The molecule has 0 aliphatic heterocycles. The van der Waals surface area contributed by atoms with Gasteiger partial charge in [-0.05, 0) is 0 Å². The molecule has 15 heavy (non-hydrogen) atoms. The van der Waals surface area contributed by atoms with Crippen LogP contribution in [0.25, 0.3) is 0 Å². The predicted molar refractivity (Wildman–Crippen MR) is 74.8 cm³/mol. The normalized spacial score (nSPS) is 15.7. The summed E-state index contributed by atoms with van der Waals surface area (Å²) in [5.41, 5.74) is 2.70. The summed E-state index contributed by atoms with van der Waals surface area (Å²) < 4.78 is 0. The summed E-state index contributed by atoms with van der Waals surface area (Å²) in [5, 5.41) is 1.32. The topological polar surface area (TPSA) is 12.4 Å². The zero-order valence-electron chi connectivity index (χ0n) is 11.7. The van der Waals surface area contributed by atoms with Gasteiger partial charge in [0.05, 0.1) is 0 Å². The van der Waals surface area contributed by atoms with Crippen LogP contribution in [-0.2, 0) is 0 Å². The van der Waals surface area contributed by atoms with Crippen LogP contribution >= 0.6 is 0 Å². The zero-order chi connectivity index (χ0) is 12.3. The Balaban J connectivity index is 4.57. The van der Waals surface area contributed by atoms with E-state index in [0.717, 1.165) is 5.71 Å². The first-order valence-corrected chi connectivity index (χ1v) is 13.5. The predicted octanol–water partition coefficient (Wildman–Crippen LogP) is 4.53. The van der Waals surface area contributed by atoms with Crippen LogP contribution in [0.1, 0.15) is 34.6 Å². The standard InChI is InChI=1S/C13H27GeN/c1-11(10-14(6,7)8)9-12(2)15-13(3,4)5/h9H,10H2,1-8H3/b11-9+,15-12?. The van der Waals surface area contributed by atoms with Crippen molar-refractivity contribution in [2.24, 2.45) is 4.99 Å². The van der Waals surface area contributed by atoms with E-state index in [2.05, 4.69) is 63.0 Å². The molecule has 0 rings (SSSR count). The molecule has 0 fully saturated rings. The molecule has 2 heteroatoms. The van der Waals surface area contributed by atoms with E-state index in [4.69, 9.17) is 0 Å². The molecule has 0 atom stereocenters. The summed E-state index contributed by atoms with van der Waals surface area (Å²) in [6.45, 7) is 10.8. The maximum atomic E-state index is 4.64. The van der Waals surface area contributed by atoms with Gasteiger partial charge in [-0.2, -0.15) is 0 Å². The van der Waals surface area contributed by atoms with Crippen LogP contribution in [0.5, 0.6) is 0 Å². The summed E-state index contributed by atoms with van der Waals surface area (Å²) in [6.07, 6.45) is 2.25. The summed E-state index contributed by atoms with van der Waals surface area (Å²) in [6, 6.07) is 0. The Bertz CT molecular complexity index is 261. The van der Waals surface area contributed by atoms with Crippen LogP contribution in [0.3, 0.4) is 0 Å². The Kier molecular flexibility index (Phi) is 5.32. The summed E-state index contributed by atoms with van der Waals surface area (Å²) in [4.78, 5) is 4.64. The van der Waals surface area contributed by atoms with Crippen molar-refractivity contribution in [3.63, 3.8) is 0 Å². The fraction of sp³-hybridized carbons (Fsp3) is 0.769. The quantitative estimate of drug-likeness (QED) is 0.527. The van der Waals surface area contributed by atoms with Gasteiger partial charge in [0, 0.05) is 0 Å². The molecule has 0 aromatic carbocycles. The van der Waals surface area contributed by atoms with Crippen molar-refractivity contribution in [3.05, 3.63) is 11.6 Å². The molecule has 0 unspecified atom stereocenters. The zero-order valence-corrected chi connectivity index (χ0v) is 13.8. The molecule has 0 aliphatic carbocycles. The Morgan fingerprint density at radius 1 is 1.13 bits per heavy atom. The minimum atomic E-state index is -1.44. The SMILES string of the molecule is CC(/C=C(\C)[CH2][Ge]([CH3])([CH3])[CH3])=NC(C)(C)C. The van der Waals surface area contributed by atoms with Gasteiger partial charge in [-0.3, -0.25) is 0 Å². The number of allylic oxidation sites excluding steroid dienone is 2.